The van der Waals surface area contributed by atoms with Gasteiger partial charge in [0, 0.05) is 24.0 Å². The van der Waals surface area contributed by atoms with Crippen molar-refractivity contribution in [2.24, 2.45) is 11.7 Å². The fourth-order valence-electron chi connectivity index (χ4n) is 3.21. The number of nitrogens with zero attached hydrogens (tertiary/aromatic N) is 4. The molecule has 3 heterocycles. The van der Waals surface area contributed by atoms with E-state index in [9.17, 15) is 0 Å². The van der Waals surface area contributed by atoms with Crippen molar-refractivity contribution in [2.75, 3.05) is 19.6 Å². The van der Waals surface area contributed by atoms with Crippen LogP contribution >= 0.6 is 12.4 Å². The monoisotopic (exact) mass is 335 g/mol. The Morgan fingerprint density at radius 3 is 2.57 bits per heavy atom. The number of aryl methyl sites for hydroxylation is 1. The number of halogens is 1. The summed E-state index contributed by atoms with van der Waals surface area (Å²) in [6.07, 6.45) is 4.23. The molecule has 1 fully saturated rings. The second kappa shape index (κ2) is 7.90. The van der Waals surface area contributed by atoms with Gasteiger partial charge in [-0.25, -0.2) is 9.67 Å². The summed E-state index contributed by atoms with van der Waals surface area (Å²) in [5.41, 5.74) is 9.40. The number of aromatic nitrogens is 3. The first-order valence-electron chi connectivity index (χ1n) is 8.08. The van der Waals surface area contributed by atoms with Gasteiger partial charge in [0.1, 0.15) is 0 Å². The first-order valence-corrected chi connectivity index (χ1v) is 8.08. The minimum Gasteiger partial charge on any atom is -0.330 e. The van der Waals surface area contributed by atoms with Crippen molar-refractivity contribution in [1.29, 1.82) is 0 Å². The number of piperidine rings is 1. The molecule has 6 heteroatoms. The SMILES string of the molecule is Cc1nn(-c2ccccn2)c(C)c1CN1CCC(CN)CC1.Cl. The average Bonchev–Trinajstić information content (AvgIpc) is 2.84. The standard InChI is InChI=1S/C17H25N5.ClH/c1-13-16(12-21-9-6-15(11-18)7-10-21)14(2)22(20-13)17-5-3-4-8-19-17;/h3-5,8,15H,6-7,9-12,18H2,1-2H3;1H. The summed E-state index contributed by atoms with van der Waals surface area (Å²) in [5.74, 6) is 1.59. The fraction of sp³-hybridized carbons (Fsp3) is 0.529. The Bertz CT molecular complexity index is 617. The number of hydrogen-bond acceptors (Lipinski definition) is 4. The minimum atomic E-state index is 0. The van der Waals surface area contributed by atoms with Crippen LogP contribution in [0.2, 0.25) is 0 Å². The minimum absolute atomic E-state index is 0. The van der Waals surface area contributed by atoms with Gasteiger partial charge in [-0.1, -0.05) is 6.07 Å². The van der Waals surface area contributed by atoms with Crippen LogP contribution in [-0.2, 0) is 6.54 Å². The van der Waals surface area contributed by atoms with E-state index < -0.39 is 0 Å². The van der Waals surface area contributed by atoms with E-state index in [0.717, 1.165) is 37.7 Å². The average molecular weight is 336 g/mol. The van der Waals surface area contributed by atoms with E-state index in [1.165, 1.54) is 24.1 Å². The Labute approximate surface area is 144 Å². The van der Waals surface area contributed by atoms with Crippen molar-refractivity contribution in [3.63, 3.8) is 0 Å². The lowest BCUT2D eigenvalue weighted by Gasteiger charge is -2.31. The van der Waals surface area contributed by atoms with Gasteiger partial charge < -0.3 is 5.73 Å². The predicted octanol–water partition coefficient (Wildman–Crippen LogP) is 2.48. The summed E-state index contributed by atoms with van der Waals surface area (Å²) < 4.78 is 1.96. The Kier molecular flexibility index (Phi) is 6.16. The van der Waals surface area contributed by atoms with Crippen LogP contribution in [0.5, 0.6) is 0 Å². The van der Waals surface area contributed by atoms with Crippen molar-refractivity contribution >= 4 is 12.4 Å². The molecule has 0 bridgehead atoms. The van der Waals surface area contributed by atoms with Crippen LogP contribution in [0.25, 0.3) is 5.82 Å². The van der Waals surface area contributed by atoms with Gasteiger partial charge in [0.15, 0.2) is 5.82 Å². The van der Waals surface area contributed by atoms with Crippen molar-refractivity contribution in [3.05, 3.63) is 41.3 Å². The zero-order valence-electron chi connectivity index (χ0n) is 13.9. The van der Waals surface area contributed by atoms with Crippen molar-refractivity contribution in [2.45, 2.75) is 33.2 Å². The van der Waals surface area contributed by atoms with Gasteiger partial charge in [0.05, 0.1) is 5.69 Å². The third-order valence-corrected chi connectivity index (χ3v) is 4.73. The van der Waals surface area contributed by atoms with E-state index in [2.05, 4.69) is 28.8 Å². The normalized spacial score (nSPS) is 16.3. The second-order valence-corrected chi connectivity index (χ2v) is 6.20. The summed E-state index contributed by atoms with van der Waals surface area (Å²) in [5, 5.41) is 4.68. The highest BCUT2D eigenvalue weighted by molar-refractivity contribution is 5.85. The third-order valence-electron chi connectivity index (χ3n) is 4.73. The Hall–Kier alpha value is -1.43. The van der Waals surface area contributed by atoms with Crippen LogP contribution in [0.3, 0.4) is 0 Å². The van der Waals surface area contributed by atoms with Gasteiger partial charge in [-0.2, -0.15) is 5.10 Å². The highest BCUT2D eigenvalue weighted by Crippen LogP contribution is 2.22. The molecule has 23 heavy (non-hydrogen) atoms. The van der Waals surface area contributed by atoms with E-state index in [1.807, 2.05) is 29.1 Å². The number of nitrogens with two attached hydrogens (primary N) is 1. The molecule has 0 spiro atoms. The van der Waals surface area contributed by atoms with Crippen molar-refractivity contribution in [3.8, 4) is 5.82 Å². The third kappa shape index (κ3) is 3.91. The number of hydrogen-bond donors (Lipinski definition) is 1. The first-order chi connectivity index (χ1) is 10.7. The van der Waals surface area contributed by atoms with Gasteiger partial charge in [0.2, 0.25) is 0 Å². The molecule has 0 atom stereocenters. The maximum atomic E-state index is 5.78. The van der Waals surface area contributed by atoms with E-state index in [4.69, 9.17) is 5.73 Å². The summed E-state index contributed by atoms with van der Waals surface area (Å²) in [6, 6.07) is 5.92. The number of rotatable bonds is 4. The molecule has 126 valence electrons. The smallest absolute Gasteiger partial charge is 0.153 e. The second-order valence-electron chi connectivity index (χ2n) is 6.20. The van der Waals surface area contributed by atoms with Crippen LogP contribution < -0.4 is 5.73 Å². The molecular formula is C17H26ClN5. The topological polar surface area (TPSA) is 60.0 Å². The largest absolute Gasteiger partial charge is 0.330 e. The quantitative estimate of drug-likeness (QED) is 0.932. The van der Waals surface area contributed by atoms with Crippen molar-refractivity contribution in [1.82, 2.24) is 19.7 Å². The number of pyridine rings is 1. The lowest BCUT2D eigenvalue weighted by atomic mass is 9.96. The maximum Gasteiger partial charge on any atom is 0.153 e. The van der Waals surface area contributed by atoms with Crippen LogP contribution in [0.1, 0.15) is 29.8 Å². The van der Waals surface area contributed by atoms with E-state index in [0.29, 0.717) is 5.92 Å². The van der Waals surface area contributed by atoms with E-state index in [-0.39, 0.29) is 12.4 Å². The predicted molar refractivity (Wildman–Crippen MR) is 95.1 cm³/mol. The van der Waals surface area contributed by atoms with E-state index in [1.54, 1.807) is 0 Å². The molecule has 0 radical (unpaired) electrons. The molecule has 0 amide bonds. The molecule has 2 aromatic rings. The molecule has 2 N–H and O–H groups in total. The molecular weight excluding hydrogens is 310 g/mol. The van der Waals surface area contributed by atoms with Gasteiger partial charge in [-0.15, -0.1) is 12.4 Å². The molecule has 5 nitrogen and oxygen atoms in total. The van der Waals surface area contributed by atoms with Gasteiger partial charge >= 0.3 is 0 Å². The Morgan fingerprint density at radius 2 is 1.96 bits per heavy atom. The first kappa shape index (κ1) is 17.9. The lowest BCUT2D eigenvalue weighted by Crippen LogP contribution is -2.35. The summed E-state index contributed by atoms with van der Waals surface area (Å²) >= 11 is 0. The Balaban J connectivity index is 0.00000192. The van der Waals surface area contributed by atoms with Crippen LogP contribution in [0, 0.1) is 19.8 Å². The van der Waals surface area contributed by atoms with Gasteiger partial charge in [0.25, 0.3) is 0 Å². The van der Waals surface area contributed by atoms with Crippen LogP contribution in [0.15, 0.2) is 24.4 Å². The highest BCUT2D eigenvalue weighted by atomic mass is 35.5. The summed E-state index contributed by atoms with van der Waals surface area (Å²) in [6.45, 7) is 8.29. The molecule has 3 rings (SSSR count). The van der Waals surface area contributed by atoms with E-state index >= 15 is 0 Å². The number of likely N-dealkylation sites (tertiary alicyclic amines) is 1. The lowest BCUT2D eigenvalue weighted by molar-refractivity contribution is 0.180. The molecule has 2 aromatic heterocycles. The molecule has 1 aliphatic heterocycles. The van der Waals surface area contributed by atoms with Crippen LogP contribution in [-0.4, -0.2) is 39.3 Å². The molecule has 0 saturated carbocycles. The molecule has 0 aromatic carbocycles. The fourth-order valence-corrected chi connectivity index (χ4v) is 3.21. The summed E-state index contributed by atoms with van der Waals surface area (Å²) in [4.78, 5) is 6.92. The zero-order chi connectivity index (χ0) is 15.5. The van der Waals surface area contributed by atoms with Gasteiger partial charge in [-0.05, 0) is 64.4 Å². The highest BCUT2D eigenvalue weighted by Gasteiger charge is 2.21. The molecule has 0 unspecified atom stereocenters. The molecule has 1 aliphatic rings. The molecule has 0 aliphatic carbocycles. The van der Waals surface area contributed by atoms with Crippen molar-refractivity contribution < 1.29 is 0 Å². The zero-order valence-corrected chi connectivity index (χ0v) is 14.7. The molecule has 1 saturated heterocycles. The Morgan fingerprint density at radius 1 is 1.22 bits per heavy atom. The van der Waals surface area contributed by atoms with Crippen LogP contribution in [0.4, 0.5) is 0 Å². The maximum absolute atomic E-state index is 5.78. The van der Waals surface area contributed by atoms with Gasteiger partial charge in [-0.3, -0.25) is 4.90 Å². The summed E-state index contributed by atoms with van der Waals surface area (Å²) in [7, 11) is 0.